The van der Waals surface area contributed by atoms with Crippen LogP contribution in [0.2, 0.25) is 0 Å². The SMILES string of the molecule is CCN(CC)c1ccc(Nc2nc(O)c(/C=C3\C=Nc4ccccc43)s2)cc1. The Bertz CT molecular complexity index is 1030. The predicted octanol–water partition coefficient (Wildman–Crippen LogP) is 5.70. The fraction of sp³-hybridized carbons (Fsp3) is 0.182. The van der Waals surface area contributed by atoms with E-state index >= 15 is 0 Å². The number of rotatable bonds is 6. The van der Waals surface area contributed by atoms with Crippen LogP contribution in [0.1, 0.15) is 24.3 Å². The van der Waals surface area contributed by atoms with Gasteiger partial charge >= 0.3 is 0 Å². The topological polar surface area (TPSA) is 60.8 Å². The third-order valence-corrected chi connectivity index (χ3v) is 5.63. The van der Waals surface area contributed by atoms with Gasteiger partial charge in [0, 0.05) is 41.8 Å². The summed E-state index contributed by atoms with van der Waals surface area (Å²) in [6.45, 7) is 6.26. The molecule has 0 bridgehead atoms. The second-order valence-electron chi connectivity index (χ2n) is 6.43. The lowest BCUT2D eigenvalue weighted by Gasteiger charge is -2.21. The van der Waals surface area contributed by atoms with Gasteiger partial charge in [0.1, 0.15) is 0 Å². The molecular formula is C22H22N4OS. The molecule has 28 heavy (non-hydrogen) atoms. The summed E-state index contributed by atoms with van der Waals surface area (Å²) in [6, 6.07) is 16.2. The number of para-hydroxylation sites is 1. The van der Waals surface area contributed by atoms with Gasteiger partial charge < -0.3 is 15.3 Å². The van der Waals surface area contributed by atoms with Gasteiger partial charge in [0.15, 0.2) is 5.13 Å². The molecule has 0 saturated carbocycles. The lowest BCUT2D eigenvalue weighted by atomic mass is 10.1. The first-order chi connectivity index (χ1) is 13.7. The first-order valence-corrected chi connectivity index (χ1v) is 10.2. The van der Waals surface area contributed by atoms with Gasteiger partial charge in [-0.25, -0.2) is 0 Å². The van der Waals surface area contributed by atoms with Crippen LogP contribution in [0.3, 0.4) is 0 Å². The van der Waals surface area contributed by atoms with E-state index in [1.165, 1.54) is 17.0 Å². The average molecular weight is 391 g/mol. The van der Waals surface area contributed by atoms with Crippen molar-refractivity contribution in [2.75, 3.05) is 23.3 Å². The standard InChI is InChI=1S/C22H22N4OS/c1-3-26(4-2)17-11-9-16(10-12-17)24-22-25-21(27)20(28-22)13-15-14-23-19-8-6-5-7-18(15)19/h5-14,27H,3-4H2,1-2H3,(H,24,25)/b15-13+. The molecule has 0 radical (unpaired) electrons. The van der Waals surface area contributed by atoms with Gasteiger partial charge in [-0.3, -0.25) is 4.99 Å². The number of aromatic hydroxyl groups is 1. The minimum absolute atomic E-state index is 0.0255. The van der Waals surface area contributed by atoms with E-state index in [0.29, 0.717) is 10.0 Å². The highest BCUT2D eigenvalue weighted by Crippen LogP contribution is 2.37. The van der Waals surface area contributed by atoms with Crippen molar-refractivity contribution in [1.82, 2.24) is 4.98 Å². The Balaban J connectivity index is 1.53. The van der Waals surface area contributed by atoms with E-state index in [1.54, 1.807) is 0 Å². The molecule has 0 unspecified atom stereocenters. The summed E-state index contributed by atoms with van der Waals surface area (Å²) in [6.07, 6.45) is 3.75. The van der Waals surface area contributed by atoms with E-state index < -0.39 is 0 Å². The van der Waals surface area contributed by atoms with E-state index in [9.17, 15) is 5.11 Å². The Morgan fingerprint density at radius 2 is 1.82 bits per heavy atom. The Labute approximate surface area is 168 Å². The molecule has 6 heteroatoms. The molecule has 2 heterocycles. The Morgan fingerprint density at radius 3 is 2.57 bits per heavy atom. The van der Waals surface area contributed by atoms with Crippen molar-refractivity contribution in [3.05, 3.63) is 59.0 Å². The molecule has 3 aromatic rings. The van der Waals surface area contributed by atoms with E-state index in [4.69, 9.17) is 0 Å². The smallest absolute Gasteiger partial charge is 0.231 e. The molecule has 2 aromatic carbocycles. The van der Waals surface area contributed by atoms with Crippen LogP contribution in [0.15, 0.2) is 53.5 Å². The molecule has 1 aromatic heterocycles. The number of fused-ring (bicyclic) bond motifs is 1. The van der Waals surface area contributed by atoms with E-state index in [0.717, 1.165) is 35.6 Å². The quantitative estimate of drug-likeness (QED) is 0.567. The molecule has 0 aliphatic carbocycles. The molecule has 0 atom stereocenters. The summed E-state index contributed by atoms with van der Waals surface area (Å²) < 4.78 is 0. The number of benzene rings is 2. The summed E-state index contributed by atoms with van der Waals surface area (Å²) in [5, 5.41) is 14.2. The predicted molar refractivity (Wildman–Crippen MR) is 120 cm³/mol. The monoisotopic (exact) mass is 390 g/mol. The van der Waals surface area contributed by atoms with Crippen LogP contribution in [0.4, 0.5) is 22.2 Å². The average Bonchev–Trinajstić information content (AvgIpc) is 3.28. The number of thiazole rings is 1. The maximum Gasteiger partial charge on any atom is 0.231 e. The minimum atomic E-state index is 0.0255. The van der Waals surface area contributed by atoms with Crippen molar-refractivity contribution in [3.8, 4) is 5.88 Å². The summed E-state index contributed by atoms with van der Waals surface area (Å²) >= 11 is 1.41. The number of hydrogen-bond donors (Lipinski definition) is 2. The highest BCUT2D eigenvalue weighted by molar-refractivity contribution is 7.16. The third-order valence-electron chi connectivity index (χ3n) is 4.73. The van der Waals surface area contributed by atoms with Crippen LogP contribution in [0.25, 0.3) is 11.6 Å². The Hall–Kier alpha value is -3.12. The fourth-order valence-corrected chi connectivity index (χ4v) is 4.07. The Morgan fingerprint density at radius 1 is 1.07 bits per heavy atom. The normalized spacial score (nSPS) is 13.7. The number of hydrogen-bond acceptors (Lipinski definition) is 6. The highest BCUT2D eigenvalue weighted by atomic mass is 32.1. The molecule has 2 N–H and O–H groups in total. The lowest BCUT2D eigenvalue weighted by Crippen LogP contribution is -2.21. The minimum Gasteiger partial charge on any atom is -0.492 e. The molecule has 142 valence electrons. The first-order valence-electron chi connectivity index (χ1n) is 9.35. The first kappa shape index (κ1) is 18.3. The lowest BCUT2D eigenvalue weighted by molar-refractivity contribution is 0.457. The van der Waals surface area contributed by atoms with Crippen LogP contribution in [-0.2, 0) is 0 Å². The molecule has 0 amide bonds. The van der Waals surface area contributed by atoms with Crippen molar-refractivity contribution in [2.45, 2.75) is 13.8 Å². The number of anilines is 3. The van der Waals surface area contributed by atoms with Gasteiger partial charge in [-0.15, -0.1) is 0 Å². The molecule has 1 aliphatic heterocycles. The van der Waals surface area contributed by atoms with Crippen LogP contribution < -0.4 is 10.2 Å². The van der Waals surface area contributed by atoms with Gasteiger partial charge in [-0.2, -0.15) is 4.98 Å². The molecule has 0 fully saturated rings. The number of aromatic nitrogens is 1. The van der Waals surface area contributed by atoms with Crippen LogP contribution >= 0.6 is 11.3 Å². The second-order valence-corrected chi connectivity index (χ2v) is 7.46. The van der Waals surface area contributed by atoms with Crippen molar-refractivity contribution < 1.29 is 5.11 Å². The fourth-order valence-electron chi connectivity index (χ4n) is 3.23. The highest BCUT2D eigenvalue weighted by Gasteiger charge is 2.14. The zero-order valence-corrected chi connectivity index (χ0v) is 16.7. The van der Waals surface area contributed by atoms with Crippen LogP contribution in [0, 0.1) is 0 Å². The zero-order valence-electron chi connectivity index (χ0n) is 15.9. The number of allylic oxidation sites excluding steroid dienone is 1. The van der Waals surface area contributed by atoms with Crippen molar-refractivity contribution >= 4 is 51.4 Å². The summed E-state index contributed by atoms with van der Waals surface area (Å²) in [4.78, 5) is 11.7. The molecule has 5 nitrogen and oxygen atoms in total. The van der Waals surface area contributed by atoms with Gasteiger partial charge in [0.05, 0.1) is 10.6 Å². The summed E-state index contributed by atoms with van der Waals surface area (Å²) in [5.41, 5.74) is 5.13. The molecule has 4 rings (SSSR count). The van der Waals surface area contributed by atoms with Crippen LogP contribution in [-0.4, -0.2) is 29.4 Å². The van der Waals surface area contributed by atoms with Gasteiger partial charge in [-0.1, -0.05) is 29.5 Å². The van der Waals surface area contributed by atoms with E-state index in [1.807, 2.05) is 48.7 Å². The maximum atomic E-state index is 10.3. The van der Waals surface area contributed by atoms with Gasteiger partial charge in [0.2, 0.25) is 5.88 Å². The van der Waals surface area contributed by atoms with Gasteiger partial charge in [-0.05, 0) is 50.3 Å². The number of nitrogens with one attached hydrogen (secondary N) is 1. The van der Waals surface area contributed by atoms with Crippen LogP contribution in [0.5, 0.6) is 5.88 Å². The molecule has 1 aliphatic rings. The number of nitrogens with zero attached hydrogens (tertiary/aromatic N) is 3. The zero-order chi connectivity index (χ0) is 19.5. The van der Waals surface area contributed by atoms with E-state index in [-0.39, 0.29) is 5.88 Å². The molecule has 0 saturated heterocycles. The second kappa shape index (κ2) is 7.86. The van der Waals surface area contributed by atoms with Crippen molar-refractivity contribution in [2.24, 2.45) is 4.99 Å². The molecular weight excluding hydrogens is 368 g/mol. The maximum absolute atomic E-state index is 10.3. The van der Waals surface area contributed by atoms with Crippen molar-refractivity contribution in [3.63, 3.8) is 0 Å². The Kier molecular flexibility index (Phi) is 5.12. The summed E-state index contributed by atoms with van der Waals surface area (Å²) in [5.74, 6) is 0.0255. The largest absolute Gasteiger partial charge is 0.492 e. The van der Waals surface area contributed by atoms with Crippen molar-refractivity contribution in [1.29, 1.82) is 0 Å². The van der Waals surface area contributed by atoms with Gasteiger partial charge in [0.25, 0.3) is 0 Å². The number of aliphatic imine (C=N–C) groups is 1. The molecule has 0 spiro atoms. The third kappa shape index (κ3) is 3.64. The summed E-state index contributed by atoms with van der Waals surface area (Å²) in [7, 11) is 0. The van der Waals surface area contributed by atoms with E-state index in [2.05, 4.69) is 46.2 Å².